The van der Waals surface area contributed by atoms with E-state index in [0.29, 0.717) is 0 Å². The lowest BCUT2D eigenvalue weighted by Crippen LogP contribution is -2.47. The van der Waals surface area contributed by atoms with Crippen molar-refractivity contribution >= 4 is 23.0 Å². The molecule has 0 amide bonds. The summed E-state index contributed by atoms with van der Waals surface area (Å²) in [4.78, 5) is 13.4. The van der Waals surface area contributed by atoms with Crippen LogP contribution < -0.4 is 4.72 Å². The van der Waals surface area contributed by atoms with Gasteiger partial charge in [-0.3, -0.25) is 4.90 Å². The van der Waals surface area contributed by atoms with E-state index in [9.17, 15) is 0 Å². The summed E-state index contributed by atoms with van der Waals surface area (Å²) in [5.74, 6) is 3.67. The Kier molecular flexibility index (Phi) is 6.26. The summed E-state index contributed by atoms with van der Waals surface area (Å²) in [7, 11) is 0. The number of pyridine rings is 1. The molecule has 1 aliphatic heterocycles. The lowest BCUT2D eigenvalue weighted by atomic mass is 10.2. The Morgan fingerprint density at radius 2 is 2.20 bits per heavy atom. The van der Waals surface area contributed by atoms with Crippen LogP contribution in [-0.4, -0.2) is 52.5 Å². The molecule has 1 aliphatic rings. The number of nitrogens with one attached hydrogen (secondary N) is 2. The topological polar surface area (TPSA) is 47.2 Å². The zero-order valence-electron chi connectivity index (χ0n) is 14.5. The third-order valence-electron chi connectivity index (χ3n) is 4.46. The molecule has 0 saturated carbocycles. The average Bonchev–Trinajstić information content (AvgIpc) is 3.11. The van der Waals surface area contributed by atoms with Gasteiger partial charge in [-0.15, -0.1) is 12.3 Å². The first-order valence-electron chi connectivity index (χ1n) is 8.72. The van der Waals surface area contributed by atoms with E-state index in [4.69, 9.17) is 6.42 Å². The van der Waals surface area contributed by atoms with E-state index < -0.39 is 0 Å². The van der Waals surface area contributed by atoms with E-state index >= 15 is 0 Å². The van der Waals surface area contributed by atoms with E-state index in [1.54, 1.807) is 11.9 Å². The second kappa shape index (κ2) is 8.84. The minimum absolute atomic E-state index is 0.890. The number of piperazine rings is 1. The van der Waals surface area contributed by atoms with Crippen molar-refractivity contribution in [3.63, 3.8) is 0 Å². The van der Waals surface area contributed by atoms with Crippen LogP contribution in [0.1, 0.15) is 19.3 Å². The Labute approximate surface area is 154 Å². The third-order valence-corrected chi connectivity index (χ3v) is 5.26. The predicted octanol–water partition coefficient (Wildman–Crippen LogP) is 3.05. The first-order chi connectivity index (χ1) is 12.3. The van der Waals surface area contributed by atoms with Crippen LogP contribution in [0.15, 0.2) is 41.8 Å². The van der Waals surface area contributed by atoms with Crippen molar-refractivity contribution in [1.29, 1.82) is 0 Å². The van der Waals surface area contributed by atoms with Crippen molar-refractivity contribution < 1.29 is 0 Å². The van der Waals surface area contributed by atoms with Gasteiger partial charge in [0.2, 0.25) is 0 Å². The maximum atomic E-state index is 5.30. The van der Waals surface area contributed by atoms with Crippen LogP contribution in [0.2, 0.25) is 0 Å². The minimum atomic E-state index is 0.890. The molecule has 6 heteroatoms. The molecule has 0 bridgehead atoms. The van der Waals surface area contributed by atoms with Gasteiger partial charge < -0.3 is 14.6 Å². The molecular formula is C19H25N5S. The number of fused-ring (bicyclic) bond motifs is 1. The molecule has 2 N–H and O–H groups in total. The van der Waals surface area contributed by atoms with Gasteiger partial charge in [-0.05, 0) is 43.5 Å². The number of aromatic nitrogens is 2. The quantitative estimate of drug-likeness (QED) is 0.433. The SMILES string of the molecule is C#CCCCCN1CCN(C(=C)NSc2cnc3[nH]ccc3c2)CC1. The number of hydrogen-bond acceptors (Lipinski definition) is 5. The first-order valence-corrected chi connectivity index (χ1v) is 9.53. The fourth-order valence-corrected chi connectivity index (χ4v) is 3.62. The largest absolute Gasteiger partial charge is 0.356 e. The Balaban J connectivity index is 1.39. The summed E-state index contributed by atoms with van der Waals surface area (Å²) in [5.41, 5.74) is 0.918. The fourth-order valence-electron chi connectivity index (χ4n) is 2.96. The molecule has 2 aromatic rings. The summed E-state index contributed by atoms with van der Waals surface area (Å²) in [6, 6.07) is 4.15. The second-order valence-corrected chi connectivity index (χ2v) is 7.11. The maximum absolute atomic E-state index is 5.30. The van der Waals surface area contributed by atoms with Gasteiger partial charge in [0, 0.05) is 55.3 Å². The molecule has 0 aromatic carbocycles. The first kappa shape index (κ1) is 17.7. The van der Waals surface area contributed by atoms with Gasteiger partial charge in [-0.1, -0.05) is 6.58 Å². The summed E-state index contributed by atoms with van der Waals surface area (Å²) in [6.07, 6.45) is 12.3. The summed E-state index contributed by atoms with van der Waals surface area (Å²) in [5, 5.41) is 1.12. The van der Waals surface area contributed by atoms with Gasteiger partial charge in [-0.25, -0.2) is 4.98 Å². The monoisotopic (exact) mass is 355 g/mol. The third kappa shape index (κ3) is 4.94. The Bertz CT molecular complexity index is 740. The highest BCUT2D eigenvalue weighted by atomic mass is 32.2. The normalized spacial score (nSPS) is 15.2. The fraction of sp³-hybridized carbons (Fsp3) is 0.421. The molecule has 25 heavy (non-hydrogen) atoms. The lowest BCUT2D eigenvalue weighted by molar-refractivity contribution is 0.154. The van der Waals surface area contributed by atoms with Crippen molar-refractivity contribution in [3.05, 3.63) is 36.9 Å². The van der Waals surface area contributed by atoms with Crippen LogP contribution in [0.3, 0.4) is 0 Å². The molecular weight excluding hydrogens is 330 g/mol. The van der Waals surface area contributed by atoms with Gasteiger partial charge >= 0.3 is 0 Å². The number of hydrogen-bond donors (Lipinski definition) is 2. The summed E-state index contributed by atoms with van der Waals surface area (Å²) >= 11 is 1.56. The van der Waals surface area contributed by atoms with Crippen LogP contribution in [0.5, 0.6) is 0 Å². The van der Waals surface area contributed by atoms with Crippen LogP contribution in [0.25, 0.3) is 11.0 Å². The van der Waals surface area contributed by atoms with Crippen LogP contribution in [0, 0.1) is 12.3 Å². The number of unbranched alkanes of at least 4 members (excludes halogenated alkanes) is 2. The Hall–Kier alpha value is -2.10. The molecule has 0 atom stereocenters. The summed E-state index contributed by atoms with van der Waals surface area (Å²) in [6.45, 7) is 9.51. The van der Waals surface area contributed by atoms with E-state index in [2.05, 4.69) is 43.1 Å². The van der Waals surface area contributed by atoms with Crippen LogP contribution >= 0.6 is 11.9 Å². The van der Waals surface area contributed by atoms with Gasteiger partial charge in [0.05, 0.1) is 0 Å². The number of rotatable bonds is 8. The number of H-pyrrole nitrogens is 1. The molecule has 3 rings (SSSR count). The van der Waals surface area contributed by atoms with Crippen molar-refractivity contribution in [2.45, 2.75) is 24.2 Å². The molecule has 132 valence electrons. The van der Waals surface area contributed by atoms with E-state index in [1.165, 1.54) is 6.42 Å². The number of nitrogens with zero attached hydrogens (tertiary/aromatic N) is 3. The van der Waals surface area contributed by atoms with E-state index in [1.807, 2.05) is 18.5 Å². The lowest BCUT2D eigenvalue weighted by Gasteiger charge is -2.36. The predicted molar refractivity (Wildman–Crippen MR) is 105 cm³/mol. The van der Waals surface area contributed by atoms with E-state index in [0.717, 1.165) is 67.3 Å². The van der Waals surface area contributed by atoms with Crippen molar-refractivity contribution in [3.8, 4) is 12.3 Å². The van der Waals surface area contributed by atoms with Crippen molar-refractivity contribution in [2.75, 3.05) is 32.7 Å². The zero-order valence-corrected chi connectivity index (χ0v) is 15.3. The smallest absolute Gasteiger partial charge is 0.137 e. The zero-order chi connectivity index (χ0) is 17.5. The molecule has 3 heterocycles. The molecule has 1 saturated heterocycles. The highest BCUT2D eigenvalue weighted by molar-refractivity contribution is 7.97. The highest BCUT2D eigenvalue weighted by Gasteiger charge is 2.17. The second-order valence-electron chi connectivity index (χ2n) is 6.23. The highest BCUT2D eigenvalue weighted by Crippen LogP contribution is 2.20. The Morgan fingerprint density at radius 1 is 1.36 bits per heavy atom. The molecule has 0 unspecified atom stereocenters. The van der Waals surface area contributed by atoms with Crippen LogP contribution in [-0.2, 0) is 0 Å². The number of aromatic amines is 1. The Morgan fingerprint density at radius 3 is 3.00 bits per heavy atom. The van der Waals surface area contributed by atoms with Gasteiger partial charge in [0.15, 0.2) is 0 Å². The van der Waals surface area contributed by atoms with E-state index in [-0.39, 0.29) is 0 Å². The van der Waals surface area contributed by atoms with Crippen molar-refractivity contribution in [1.82, 2.24) is 24.5 Å². The number of terminal acetylenes is 1. The van der Waals surface area contributed by atoms with Gasteiger partial charge in [0.1, 0.15) is 11.5 Å². The van der Waals surface area contributed by atoms with Crippen LogP contribution in [0.4, 0.5) is 0 Å². The minimum Gasteiger partial charge on any atom is -0.356 e. The molecule has 5 nitrogen and oxygen atoms in total. The summed E-state index contributed by atoms with van der Waals surface area (Å²) < 4.78 is 3.36. The van der Waals surface area contributed by atoms with Crippen molar-refractivity contribution in [2.24, 2.45) is 0 Å². The molecule has 0 radical (unpaired) electrons. The van der Waals surface area contributed by atoms with Gasteiger partial charge in [-0.2, -0.15) is 0 Å². The molecule has 2 aromatic heterocycles. The maximum Gasteiger partial charge on any atom is 0.137 e. The molecule has 0 spiro atoms. The van der Waals surface area contributed by atoms with Gasteiger partial charge in [0.25, 0.3) is 0 Å². The molecule has 1 fully saturated rings. The average molecular weight is 356 g/mol. The molecule has 0 aliphatic carbocycles. The standard InChI is InChI=1S/C19H25N5S/c1-3-4-5-6-9-23-10-12-24(13-11-23)16(2)22-25-18-14-17-7-8-20-19(17)21-15-18/h1,7-8,14-15,22H,2,4-6,9-13H2,(H,20,21).